The first kappa shape index (κ1) is 8.90. The van der Waals surface area contributed by atoms with Gasteiger partial charge in [-0.1, -0.05) is 30.3 Å². The Kier molecular flexibility index (Phi) is 2.96. The van der Waals surface area contributed by atoms with Crippen LogP contribution in [0.3, 0.4) is 0 Å². The zero-order valence-corrected chi connectivity index (χ0v) is 6.60. The lowest BCUT2D eigenvalue weighted by Crippen LogP contribution is -2.33. The van der Waals surface area contributed by atoms with Crippen molar-refractivity contribution < 1.29 is 9.90 Å². The van der Waals surface area contributed by atoms with Gasteiger partial charge in [-0.05, 0) is 0 Å². The number of aliphatic hydroxyl groups is 1. The van der Waals surface area contributed by atoms with Gasteiger partial charge in [0.25, 0.3) is 0 Å². The molecule has 0 saturated heterocycles. The van der Waals surface area contributed by atoms with Crippen molar-refractivity contribution in [2.24, 2.45) is 5.73 Å². The number of aliphatic hydroxyl groups excluding tert-OH is 1. The summed E-state index contributed by atoms with van der Waals surface area (Å²) in [4.78, 5) is 11.3. The molecule has 0 spiro atoms. The van der Waals surface area contributed by atoms with E-state index in [1.54, 1.807) is 24.3 Å². The maximum absolute atomic E-state index is 11.3. The second-order valence-corrected chi connectivity index (χ2v) is 2.52. The Labute approximate surface area is 70.8 Å². The summed E-state index contributed by atoms with van der Waals surface area (Å²) in [5.41, 5.74) is 5.89. The van der Waals surface area contributed by atoms with Crippen LogP contribution < -0.4 is 5.73 Å². The van der Waals surface area contributed by atoms with Gasteiger partial charge in [-0.25, -0.2) is 0 Å². The standard InChI is InChI=1S/C9H11NO2/c10-8(6-11)9(12)7-4-2-1-3-5-7/h1-5,8,11H,6,10H2/t8-/m0/s1. The molecule has 0 amide bonds. The summed E-state index contributed by atoms with van der Waals surface area (Å²) in [6.07, 6.45) is 0. The van der Waals surface area contributed by atoms with Crippen LogP contribution in [0, 0.1) is 0 Å². The van der Waals surface area contributed by atoms with Crippen LogP contribution >= 0.6 is 0 Å². The minimum absolute atomic E-state index is 0.224. The van der Waals surface area contributed by atoms with Gasteiger partial charge in [0.1, 0.15) is 0 Å². The minimum atomic E-state index is -0.799. The Hall–Kier alpha value is -1.19. The largest absolute Gasteiger partial charge is 0.394 e. The molecule has 0 aliphatic carbocycles. The van der Waals surface area contributed by atoms with Gasteiger partial charge in [0, 0.05) is 5.56 Å². The molecule has 0 aliphatic heterocycles. The van der Waals surface area contributed by atoms with E-state index < -0.39 is 6.04 Å². The highest BCUT2D eigenvalue weighted by Gasteiger charge is 2.13. The quantitative estimate of drug-likeness (QED) is 0.628. The fourth-order valence-corrected chi connectivity index (χ4v) is 0.899. The van der Waals surface area contributed by atoms with E-state index in [1.807, 2.05) is 6.07 Å². The van der Waals surface area contributed by atoms with Crippen LogP contribution in [0.4, 0.5) is 0 Å². The lowest BCUT2D eigenvalue weighted by molar-refractivity contribution is 0.0925. The summed E-state index contributed by atoms with van der Waals surface area (Å²) >= 11 is 0. The van der Waals surface area contributed by atoms with Crippen molar-refractivity contribution in [2.75, 3.05) is 6.61 Å². The van der Waals surface area contributed by atoms with Gasteiger partial charge in [-0.15, -0.1) is 0 Å². The number of hydrogen-bond acceptors (Lipinski definition) is 3. The molecule has 1 aromatic carbocycles. The zero-order chi connectivity index (χ0) is 8.97. The summed E-state index contributed by atoms with van der Waals surface area (Å²) in [5.74, 6) is -0.224. The molecule has 0 aliphatic rings. The first-order chi connectivity index (χ1) is 5.75. The van der Waals surface area contributed by atoms with Gasteiger partial charge in [0.2, 0.25) is 0 Å². The van der Waals surface area contributed by atoms with E-state index in [9.17, 15) is 4.79 Å². The van der Waals surface area contributed by atoms with Gasteiger partial charge in [0.05, 0.1) is 12.6 Å². The van der Waals surface area contributed by atoms with E-state index in [-0.39, 0.29) is 12.4 Å². The molecule has 1 aromatic rings. The minimum Gasteiger partial charge on any atom is -0.394 e. The van der Waals surface area contributed by atoms with E-state index in [1.165, 1.54) is 0 Å². The Morgan fingerprint density at radius 3 is 2.50 bits per heavy atom. The number of benzene rings is 1. The zero-order valence-electron chi connectivity index (χ0n) is 6.60. The normalized spacial score (nSPS) is 12.5. The van der Waals surface area contributed by atoms with Crippen molar-refractivity contribution in [1.29, 1.82) is 0 Å². The van der Waals surface area contributed by atoms with Crippen LogP contribution in [-0.2, 0) is 0 Å². The smallest absolute Gasteiger partial charge is 0.181 e. The molecule has 0 heterocycles. The Morgan fingerprint density at radius 1 is 1.42 bits per heavy atom. The maximum atomic E-state index is 11.3. The molecule has 3 heteroatoms. The van der Waals surface area contributed by atoms with Crippen LogP contribution in [0.25, 0.3) is 0 Å². The SMILES string of the molecule is N[C@@H](CO)C(=O)c1ccccc1. The molecule has 0 bridgehead atoms. The summed E-state index contributed by atoms with van der Waals surface area (Å²) < 4.78 is 0. The Morgan fingerprint density at radius 2 is 2.00 bits per heavy atom. The molecule has 0 fully saturated rings. The Bertz CT molecular complexity index is 258. The fraction of sp³-hybridized carbons (Fsp3) is 0.222. The van der Waals surface area contributed by atoms with Crippen LogP contribution in [0.15, 0.2) is 30.3 Å². The van der Waals surface area contributed by atoms with Crippen LogP contribution in [0.1, 0.15) is 10.4 Å². The first-order valence-corrected chi connectivity index (χ1v) is 3.71. The first-order valence-electron chi connectivity index (χ1n) is 3.71. The molecule has 12 heavy (non-hydrogen) atoms. The average molecular weight is 165 g/mol. The fourth-order valence-electron chi connectivity index (χ4n) is 0.899. The van der Waals surface area contributed by atoms with Crippen LogP contribution in [0.2, 0.25) is 0 Å². The highest BCUT2D eigenvalue weighted by Crippen LogP contribution is 2.01. The van der Waals surface area contributed by atoms with E-state index in [0.29, 0.717) is 5.56 Å². The number of ketones is 1. The predicted octanol–water partition coefficient (Wildman–Crippen LogP) is 0.189. The van der Waals surface area contributed by atoms with E-state index in [4.69, 9.17) is 10.8 Å². The highest BCUT2D eigenvalue weighted by atomic mass is 16.3. The number of rotatable bonds is 3. The molecule has 1 atom stereocenters. The van der Waals surface area contributed by atoms with Crippen molar-refractivity contribution in [1.82, 2.24) is 0 Å². The van der Waals surface area contributed by atoms with Crippen molar-refractivity contribution in [3.63, 3.8) is 0 Å². The number of carbonyl (C=O) groups is 1. The molecule has 0 unspecified atom stereocenters. The number of hydrogen-bond donors (Lipinski definition) is 2. The molecular weight excluding hydrogens is 154 g/mol. The average Bonchev–Trinajstić information content (AvgIpc) is 2.17. The summed E-state index contributed by atoms with van der Waals surface area (Å²) in [6, 6.07) is 7.90. The van der Waals surface area contributed by atoms with Crippen molar-refractivity contribution in [3.05, 3.63) is 35.9 Å². The van der Waals surface area contributed by atoms with Crippen molar-refractivity contribution in [2.45, 2.75) is 6.04 Å². The molecule has 0 radical (unpaired) electrons. The molecule has 3 nitrogen and oxygen atoms in total. The molecular formula is C9H11NO2. The molecule has 64 valence electrons. The summed E-state index contributed by atoms with van der Waals surface area (Å²) in [5, 5.41) is 8.62. The summed E-state index contributed by atoms with van der Waals surface area (Å²) in [6.45, 7) is -0.312. The second-order valence-electron chi connectivity index (χ2n) is 2.52. The van der Waals surface area contributed by atoms with E-state index >= 15 is 0 Å². The van der Waals surface area contributed by atoms with Gasteiger partial charge in [-0.3, -0.25) is 4.79 Å². The third-order valence-electron chi connectivity index (χ3n) is 1.59. The Balaban J connectivity index is 2.79. The topological polar surface area (TPSA) is 63.3 Å². The third kappa shape index (κ3) is 1.90. The molecule has 0 saturated carbocycles. The van der Waals surface area contributed by atoms with Crippen molar-refractivity contribution >= 4 is 5.78 Å². The summed E-state index contributed by atoms with van der Waals surface area (Å²) in [7, 11) is 0. The van der Waals surface area contributed by atoms with Gasteiger partial charge in [-0.2, -0.15) is 0 Å². The van der Waals surface area contributed by atoms with Crippen LogP contribution in [0.5, 0.6) is 0 Å². The monoisotopic (exact) mass is 165 g/mol. The highest BCUT2D eigenvalue weighted by molar-refractivity contribution is 5.99. The number of Topliss-reactive ketones (excluding diaryl/α,β-unsaturated/α-hetero) is 1. The van der Waals surface area contributed by atoms with Crippen molar-refractivity contribution in [3.8, 4) is 0 Å². The van der Waals surface area contributed by atoms with Gasteiger partial charge >= 0.3 is 0 Å². The lowest BCUT2D eigenvalue weighted by atomic mass is 10.1. The van der Waals surface area contributed by atoms with Gasteiger partial charge in [0.15, 0.2) is 5.78 Å². The predicted molar refractivity (Wildman–Crippen MR) is 45.8 cm³/mol. The molecule has 0 aromatic heterocycles. The number of carbonyl (C=O) groups excluding carboxylic acids is 1. The second kappa shape index (κ2) is 3.99. The van der Waals surface area contributed by atoms with Gasteiger partial charge < -0.3 is 10.8 Å². The van der Waals surface area contributed by atoms with E-state index in [2.05, 4.69) is 0 Å². The lowest BCUT2D eigenvalue weighted by Gasteiger charge is -2.05. The van der Waals surface area contributed by atoms with E-state index in [0.717, 1.165) is 0 Å². The van der Waals surface area contributed by atoms with Crippen LogP contribution in [-0.4, -0.2) is 23.5 Å². The maximum Gasteiger partial charge on any atom is 0.181 e. The number of nitrogens with two attached hydrogens (primary N) is 1. The molecule has 3 N–H and O–H groups in total. The third-order valence-corrected chi connectivity index (χ3v) is 1.59. The molecule has 1 rings (SSSR count).